The molecule has 1 saturated carbocycles. The fourth-order valence-corrected chi connectivity index (χ4v) is 5.57. The molecule has 4 atom stereocenters. The van der Waals surface area contributed by atoms with E-state index in [1.165, 1.54) is 6.42 Å². The Balaban J connectivity index is 2.17. The van der Waals surface area contributed by atoms with Gasteiger partial charge in [-0.2, -0.15) is 0 Å². The summed E-state index contributed by atoms with van der Waals surface area (Å²) in [4.78, 5) is 26.9. The molecule has 5 heteroatoms. The molecule has 2 rings (SSSR count). The molecule has 142 valence electrons. The van der Waals surface area contributed by atoms with Crippen LogP contribution in [0.5, 0.6) is 0 Å². The van der Waals surface area contributed by atoms with Crippen LogP contribution < -0.4 is 0 Å². The van der Waals surface area contributed by atoms with Crippen molar-refractivity contribution in [2.45, 2.75) is 85.2 Å². The summed E-state index contributed by atoms with van der Waals surface area (Å²) in [6.07, 6.45) is 5.19. The highest BCUT2D eigenvalue weighted by Gasteiger charge is 2.38. The molecule has 1 aliphatic heterocycles. The minimum atomic E-state index is -1.77. The highest BCUT2D eigenvalue weighted by Crippen LogP contribution is 2.36. The summed E-state index contributed by atoms with van der Waals surface area (Å²) in [6, 6.07) is -0.126. The summed E-state index contributed by atoms with van der Waals surface area (Å²) < 4.78 is 5.99. The number of hydrogen-bond donors (Lipinski definition) is 0. The van der Waals surface area contributed by atoms with Gasteiger partial charge in [0.25, 0.3) is 0 Å². The van der Waals surface area contributed by atoms with Crippen molar-refractivity contribution in [3.8, 4) is 0 Å². The number of carbonyl (C=O) groups is 2. The molecule has 25 heavy (non-hydrogen) atoms. The fourth-order valence-electron chi connectivity index (χ4n) is 4.10. The summed E-state index contributed by atoms with van der Waals surface area (Å²) in [5.41, 5.74) is 0. The van der Waals surface area contributed by atoms with Gasteiger partial charge in [-0.25, -0.2) is 4.79 Å². The molecule has 1 fully saturated rings. The minimum absolute atomic E-state index is 0.00944. The molecule has 0 aromatic heterocycles. The first-order valence-corrected chi connectivity index (χ1v) is 13.2. The highest BCUT2D eigenvalue weighted by molar-refractivity contribution is 6.87. The molecule has 0 unspecified atom stereocenters. The van der Waals surface area contributed by atoms with E-state index in [0.717, 1.165) is 18.0 Å². The van der Waals surface area contributed by atoms with Crippen LogP contribution in [0.25, 0.3) is 0 Å². The number of ketones is 1. The molecule has 0 saturated heterocycles. The third kappa shape index (κ3) is 4.75. The number of ether oxygens (including phenoxy) is 1. The maximum absolute atomic E-state index is 12.9. The SMILES string of the molecule is CC(C)[C@@H]1CC[C@@H](C)C[C@H]1OC(=O)N1C=C([Si](C)(C)C)C(=O)C[C@@H]1C. The molecule has 0 N–H and O–H groups in total. The third-order valence-corrected chi connectivity index (χ3v) is 7.78. The molecule has 0 spiro atoms. The van der Waals surface area contributed by atoms with Crippen molar-refractivity contribution in [3.05, 3.63) is 11.4 Å². The van der Waals surface area contributed by atoms with Crippen LogP contribution in [0.4, 0.5) is 4.79 Å². The average molecular weight is 366 g/mol. The first-order chi connectivity index (χ1) is 11.5. The number of nitrogens with zero attached hydrogens (tertiary/aromatic N) is 1. The van der Waals surface area contributed by atoms with Gasteiger partial charge in [0, 0.05) is 18.7 Å². The van der Waals surface area contributed by atoms with Crippen molar-refractivity contribution in [2.75, 3.05) is 0 Å². The van der Waals surface area contributed by atoms with Crippen molar-refractivity contribution in [1.29, 1.82) is 0 Å². The molecule has 1 heterocycles. The van der Waals surface area contributed by atoms with Gasteiger partial charge in [-0.15, -0.1) is 0 Å². The summed E-state index contributed by atoms with van der Waals surface area (Å²) in [7, 11) is -1.77. The minimum Gasteiger partial charge on any atom is -0.446 e. The van der Waals surface area contributed by atoms with E-state index >= 15 is 0 Å². The van der Waals surface area contributed by atoms with Crippen LogP contribution in [0.3, 0.4) is 0 Å². The number of hydrogen-bond acceptors (Lipinski definition) is 3. The van der Waals surface area contributed by atoms with Crippen LogP contribution in [-0.2, 0) is 9.53 Å². The number of amides is 1. The van der Waals surface area contributed by atoms with Gasteiger partial charge in [-0.3, -0.25) is 9.69 Å². The van der Waals surface area contributed by atoms with Gasteiger partial charge in [0.05, 0.1) is 8.07 Å². The van der Waals surface area contributed by atoms with E-state index < -0.39 is 8.07 Å². The predicted octanol–water partition coefficient (Wildman–Crippen LogP) is 5.01. The molecular formula is C20H35NO3Si. The standard InChI is InChI=1S/C20H35NO3Si/c1-13(2)16-9-8-14(3)10-18(16)24-20(23)21-12-19(25(5,6)7)17(22)11-15(21)4/h12-16,18H,8-11H2,1-7H3/t14-,15+,16+,18-/m1/s1. The number of allylic oxidation sites excluding steroid dienone is 1. The maximum Gasteiger partial charge on any atom is 0.414 e. The Hall–Kier alpha value is -1.10. The van der Waals surface area contributed by atoms with E-state index in [0.29, 0.717) is 24.2 Å². The number of Topliss-reactive ketones (excluding diaryl/α,β-unsaturated/α-hetero) is 1. The van der Waals surface area contributed by atoms with Gasteiger partial charge in [-0.1, -0.05) is 46.8 Å². The van der Waals surface area contributed by atoms with Crippen LogP contribution >= 0.6 is 0 Å². The summed E-state index contributed by atoms with van der Waals surface area (Å²) in [5.74, 6) is 1.74. The van der Waals surface area contributed by atoms with Crippen molar-refractivity contribution < 1.29 is 14.3 Å². The Morgan fingerprint density at radius 1 is 1.24 bits per heavy atom. The maximum atomic E-state index is 12.9. The summed E-state index contributed by atoms with van der Waals surface area (Å²) >= 11 is 0. The third-order valence-electron chi connectivity index (χ3n) is 5.76. The second-order valence-electron chi connectivity index (χ2n) is 9.42. The zero-order valence-electron chi connectivity index (χ0n) is 17.0. The average Bonchev–Trinajstić information content (AvgIpc) is 2.45. The Morgan fingerprint density at radius 2 is 1.88 bits per heavy atom. The highest BCUT2D eigenvalue weighted by atomic mass is 28.3. The van der Waals surface area contributed by atoms with E-state index in [2.05, 4.69) is 40.4 Å². The van der Waals surface area contributed by atoms with Crippen LogP contribution in [0.2, 0.25) is 19.6 Å². The second-order valence-corrected chi connectivity index (χ2v) is 14.5. The molecule has 4 nitrogen and oxygen atoms in total. The Bertz CT molecular complexity index is 550. The van der Waals surface area contributed by atoms with Gasteiger partial charge < -0.3 is 4.74 Å². The van der Waals surface area contributed by atoms with Crippen molar-refractivity contribution in [3.63, 3.8) is 0 Å². The van der Waals surface area contributed by atoms with E-state index in [1.807, 2.05) is 6.92 Å². The zero-order valence-corrected chi connectivity index (χ0v) is 18.0. The van der Waals surface area contributed by atoms with Gasteiger partial charge in [-0.05, 0) is 42.7 Å². The second kappa shape index (κ2) is 7.64. The summed E-state index contributed by atoms with van der Waals surface area (Å²) in [5, 5.41) is 0.847. The first kappa shape index (κ1) is 20.2. The Morgan fingerprint density at radius 3 is 2.44 bits per heavy atom. The molecule has 2 aliphatic rings. The van der Waals surface area contributed by atoms with E-state index in [1.54, 1.807) is 11.1 Å². The van der Waals surface area contributed by atoms with Gasteiger partial charge >= 0.3 is 6.09 Å². The van der Waals surface area contributed by atoms with Crippen LogP contribution in [0, 0.1) is 17.8 Å². The first-order valence-electron chi connectivity index (χ1n) is 9.75. The fraction of sp³-hybridized carbons (Fsp3) is 0.800. The zero-order chi connectivity index (χ0) is 18.9. The van der Waals surface area contributed by atoms with Crippen molar-refractivity contribution in [2.24, 2.45) is 17.8 Å². The lowest BCUT2D eigenvalue weighted by molar-refractivity contribution is -0.116. The molecule has 0 aromatic carbocycles. The van der Waals surface area contributed by atoms with Crippen molar-refractivity contribution >= 4 is 20.0 Å². The van der Waals surface area contributed by atoms with Crippen molar-refractivity contribution in [1.82, 2.24) is 4.90 Å². The Labute approximate surface area is 154 Å². The van der Waals surface area contributed by atoms with Gasteiger partial charge in [0.1, 0.15) is 6.10 Å². The molecular weight excluding hydrogens is 330 g/mol. The van der Waals surface area contributed by atoms with Gasteiger partial charge in [0.2, 0.25) is 0 Å². The van der Waals surface area contributed by atoms with Gasteiger partial charge in [0.15, 0.2) is 5.78 Å². The molecule has 0 aromatic rings. The molecule has 1 amide bonds. The van der Waals surface area contributed by atoms with E-state index in [-0.39, 0.29) is 24.0 Å². The lowest BCUT2D eigenvalue weighted by Crippen LogP contribution is -2.46. The largest absolute Gasteiger partial charge is 0.446 e. The van der Waals surface area contributed by atoms with Crippen LogP contribution in [-0.4, -0.2) is 37.0 Å². The lowest BCUT2D eigenvalue weighted by Gasteiger charge is -2.39. The number of rotatable bonds is 3. The topological polar surface area (TPSA) is 46.6 Å². The molecule has 1 aliphatic carbocycles. The quantitative estimate of drug-likeness (QED) is 0.661. The normalized spacial score (nSPS) is 31.1. The smallest absolute Gasteiger partial charge is 0.414 e. The predicted molar refractivity (Wildman–Crippen MR) is 104 cm³/mol. The Kier molecular flexibility index (Phi) is 6.18. The van der Waals surface area contributed by atoms with E-state index in [4.69, 9.17) is 4.74 Å². The monoisotopic (exact) mass is 365 g/mol. The van der Waals surface area contributed by atoms with E-state index in [9.17, 15) is 9.59 Å². The molecule has 0 bridgehead atoms. The van der Waals surface area contributed by atoms with Crippen LogP contribution in [0.15, 0.2) is 11.4 Å². The lowest BCUT2D eigenvalue weighted by atomic mass is 9.75. The van der Waals surface area contributed by atoms with Crippen LogP contribution in [0.1, 0.15) is 53.4 Å². The summed E-state index contributed by atoms with van der Waals surface area (Å²) in [6.45, 7) is 15.0. The molecule has 0 radical (unpaired) electrons. The number of carbonyl (C=O) groups excluding carboxylic acids is 2.